The number of hydrogen-bond acceptors (Lipinski definition) is 3. The average molecular weight is 397 g/mol. The molecule has 0 saturated carbocycles. The van der Waals surface area contributed by atoms with Crippen molar-refractivity contribution in [2.45, 2.75) is 19.5 Å². The maximum Gasteiger partial charge on any atom is 0.322 e. The SMILES string of the molecule is C[C@H]1CN(c2ccccc2F)CCN1C(=O)Nc1ccc2c(c1)CN(C)C(=O)N2. The molecule has 0 aromatic heterocycles. The molecule has 1 saturated heterocycles. The molecule has 2 aliphatic heterocycles. The van der Waals surface area contributed by atoms with Crippen LogP contribution in [0.4, 0.5) is 31.0 Å². The summed E-state index contributed by atoms with van der Waals surface area (Å²) >= 11 is 0. The van der Waals surface area contributed by atoms with E-state index in [4.69, 9.17) is 0 Å². The summed E-state index contributed by atoms with van der Waals surface area (Å²) in [4.78, 5) is 29.9. The molecule has 2 aromatic rings. The van der Waals surface area contributed by atoms with Gasteiger partial charge in [-0.1, -0.05) is 12.1 Å². The highest BCUT2D eigenvalue weighted by molar-refractivity contribution is 5.94. The number of anilines is 3. The first-order chi connectivity index (χ1) is 13.9. The molecule has 0 bridgehead atoms. The summed E-state index contributed by atoms with van der Waals surface area (Å²) in [6, 6.07) is 11.8. The Morgan fingerprint density at radius 1 is 1.21 bits per heavy atom. The first kappa shape index (κ1) is 19.0. The van der Waals surface area contributed by atoms with E-state index < -0.39 is 0 Å². The second-order valence-corrected chi connectivity index (χ2v) is 7.53. The van der Waals surface area contributed by atoms with Gasteiger partial charge < -0.3 is 25.3 Å². The Hall–Kier alpha value is -3.29. The molecule has 4 rings (SSSR count). The highest BCUT2D eigenvalue weighted by Crippen LogP contribution is 2.27. The molecule has 1 fully saturated rings. The van der Waals surface area contributed by atoms with Crippen molar-refractivity contribution in [3.63, 3.8) is 0 Å². The molecule has 2 heterocycles. The van der Waals surface area contributed by atoms with Gasteiger partial charge in [0.2, 0.25) is 0 Å². The lowest BCUT2D eigenvalue weighted by molar-refractivity contribution is 0.184. The largest absolute Gasteiger partial charge is 0.365 e. The predicted octanol–water partition coefficient (Wildman–Crippen LogP) is 3.55. The van der Waals surface area contributed by atoms with Crippen LogP contribution >= 0.6 is 0 Å². The van der Waals surface area contributed by atoms with E-state index in [2.05, 4.69) is 10.6 Å². The number of para-hydroxylation sites is 1. The van der Waals surface area contributed by atoms with E-state index in [0.29, 0.717) is 37.6 Å². The van der Waals surface area contributed by atoms with Gasteiger partial charge in [-0.05, 0) is 42.8 Å². The number of carbonyl (C=O) groups excluding carboxylic acids is 2. The van der Waals surface area contributed by atoms with E-state index in [9.17, 15) is 14.0 Å². The van der Waals surface area contributed by atoms with Crippen LogP contribution in [0, 0.1) is 5.82 Å². The summed E-state index contributed by atoms with van der Waals surface area (Å²) in [6.07, 6.45) is 0. The molecular formula is C21H24FN5O2. The van der Waals surface area contributed by atoms with Crippen LogP contribution in [0.3, 0.4) is 0 Å². The zero-order valence-corrected chi connectivity index (χ0v) is 16.5. The monoisotopic (exact) mass is 397 g/mol. The van der Waals surface area contributed by atoms with Gasteiger partial charge in [0.15, 0.2) is 0 Å². The minimum absolute atomic E-state index is 0.0635. The fraction of sp³-hybridized carbons (Fsp3) is 0.333. The van der Waals surface area contributed by atoms with E-state index in [0.717, 1.165) is 11.3 Å². The van der Waals surface area contributed by atoms with Crippen LogP contribution in [0.25, 0.3) is 0 Å². The zero-order valence-electron chi connectivity index (χ0n) is 16.5. The van der Waals surface area contributed by atoms with Crippen molar-refractivity contribution in [2.75, 3.05) is 42.2 Å². The van der Waals surface area contributed by atoms with Gasteiger partial charge in [0, 0.05) is 50.6 Å². The Morgan fingerprint density at radius 2 is 2.00 bits per heavy atom. The number of benzene rings is 2. The standard InChI is InChI=1S/C21H24FN5O2/c1-14-12-26(19-6-4-3-5-17(19)22)9-10-27(14)21(29)23-16-7-8-18-15(11-16)13-25(2)20(28)24-18/h3-8,11,14H,9-10,12-13H2,1-2H3,(H,23,29)(H,24,28)/t14-/m0/s1. The lowest BCUT2D eigenvalue weighted by Crippen LogP contribution is -2.55. The topological polar surface area (TPSA) is 67.9 Å². The van der Waals surface area contributed by atoms with Crippen LogP contribution in [-0.4, -0.2) is 54.6 Å². The van der Waals surface area contributed by atoms with Gasteiger partial charge >= 0.3 is 12.1 Å². The van der Waals surface area contributed by atoms with E-state index in [-0.39, 0.29) is 23.9 Å². The second kappa shape index (κ2) is 7.62. The lowest BCUT2D eigenvalue weighted by Gasteiger charge is -2.41. The lowest BCUT2D eigenvalue weighted by atomic mass is 10.1. The number of carbonyl (C=O) groups is 2. The number of nitrogens with one attached hydrogen (secondary N) is 2. The van der Waals surface area contributed by atoms with Gasteiger partial charge in [0.1, 0.15) is 5.82 Å². The van der Waals surface area contributed by atoms with E-state index >= 15 is 0 Å². The fourth-order valence-electron chi connectivity index (χ4n) is 3.84. The smallest absolute Gasteiger partial charge is 0.322 e. The van der Waals surface area contributed by atoms with Crippen LogP contribution in [-0.2, 0) is 6.54 Å². The van der Waals surface area contributed by atoms with Crippen molar-refractivity contribution in [3.05, 3.63) is 53.8 Å². The molecule has 0 aliphatic carbocycles. The first-order valence-electron chi connectivity index (χ1n) is 9.64. The van der Waals surface area contributed by atoms with E-state index in [1.54, 1.807) is 41.1 Å². The molecular weight excluding hydrogens is 373 g/mol. The normalized spacial score (nSPS) is 18.9. The number of amides is 4. The summed E-state index contributed by atoms with van der Waals surface area (Å²) in [5.74, 6) is -0.247. The number of urea groups is 2. The van der Waals surface area contributed by atoms with Gasteiger partial charge in [0.25, 0.3) is 0 Å². The second-order valence-electron chi connectivity index (χ2n) is 7.53. The Labute approximate surface area is 169 Å². The van der Waals surface area contributed by atoms with Gasteiger partial charge in [-0.15, -0.1) is 0 Å². The third-order valence-corrected chi connectivity index (χ3v) is 5.43. The third kappa shape index (κ3) is 3.83. The molecule has 152 valence electrons. The molecule has 29 heavy (non-hydrogen) atoms. The first-order valence-corrected chi connectivity index (χ1v) is 9.64. The molecule has 2 N–H and O–H groups in total. The summed E-state index contributed by atoms with van der Waals surface area (Å²) in [5.41, 5.74) is 2.96. The molecule has 0 unspecified atom stereocenters. The third-order valence-electron chi connectivity index (χ3n) is 5.43. The van der Waals surface area contributed by atoms with Crippen molar-refractivity contribution < 1.29 is 14.0 Å². The summed E-state index contributed by atoms with van der Waals surface area (Å²) < 4.78 is 14.1. The highest BCUT2D eigenvalue weighted by atomic mass is 19.1. The van der Waals surface area contributed by atoms with Crippen molar-refractivity contribution in [2.24, 2.45) is 0 Å². The number of rotatable bonds is 2. The summed E-state index contributed by atoms with van der Waals surface area (Å²) in [5, 5.41) is 5.76. The minimum Gasteiger partial charge on any atom is -0.365 e. The number of nitrogens with zero attached hydrogens (tertiary/aromatic N) is 3. The Kier molecular flexibility index (Phi) is 5.00. The highest BCUT2D eigenvalue weighted by Gasteiger charge is 2.29. The van der Waals surface area contributed by atoms with Gasteiger partial charge in [-0.25, -0.2) is 14.0 Å². The summed E-state index contributed by atoms with van der Waals surface area (Å²) in [7, 11) is 1.72. The Bertz CT molecular complexity index is 950. The van der Waals surface area contributed by atoms with E-state index in [1.165, 1.54) is 6.07 Å². The van der Waals surface area contributed by atoms with Gasteiger partial charge in [0.05, 0.1) is 5.69 Å². The maximum absolute atomic E-state index is 14.1. The number of hydrogen-bond donors (Lipinski definition) is 2. The van der Waals surface area contributed by atoms with Crippen LogP contribution < -0.4 is 15.5 Å². The number of fused-ring (bicyclic) bond motifs is 1. The maximum atomic E-state index is 14.1. The fourth-order valence-corrected chi connectivity index (χ4v) is 3.84. The minimum atomic E-state index is -0.247. The Balaban J connectivity index is 1.41. The molecule has 0 radical (unpaired) electrons. The van der Waals surface area contributed by atoms with E-state index in [1.807, 2.05) is 24.0 Å². The molecule has 4 amide bonds. The quantitative estimate of drug-likeness (QED) is 0.815. The molecule has 8 heteroatoms. The van der Waals surface area contributed by atoms with Crippen molar-refractivity contribution >= 4 is 29.1 Å². The van der Waals surface area contributed by atoms with Crippen molar-refractivity contribution in [3.8, 4) is 0 Å². The van der Waals surface area contributed by atoms with Crippen LogP contribution in [0.1, 0.15) is 12.5 Å². The predicted molar refractivity (Wildman–Crippen MR) is 111 cm³/mol. The molecule has 7 nitrogen and oxygen atoms in total. The molecule has 2 aliphatic rings. The number of halogens is 1. The van der Waals surface area contributed by atoms with Crippen molar-refractivity contribution in [1.82, 2.24) is 9.80 Å². The van der Waals surface area contributed by atoms with Crippen molar-refractivity contribution in [1.29, 1.82) is 0 Å². The average Bonchev–Trinajstić information content (AvgIpc) is 2.69. The van der Waals surface area contributed by atoms with Crippen LogP contribution in [0.2, 0.25) is 0 Å². The van der Waals surface area contributed by atoms with Gasteiger partial charge in [-0.2, -0.15) is 0 Å². The summed E-state index contributed by atoms with van der Waals surface area (Å²) in [6.45, 7) is 4.09. The molecule has 1 atom stereocenters. The zero-order chi connectivity index (χ0) is 20.5. The van der Waals surface area contributed by atoms with Gasteiger partial charge in [-0.3, -0.25) is 0 Å². The molecule has 0 spiro atoms. The molecule has 2 aromatic carbocycles. The van der Waals surface area contributed by atoms with Crippen LogP contribution in [0.15, 0.2) is 42.5 Å². The Morgan fingerprint density at radius 3 is 2.76 bits per heavy atom. The van der Waals surface area contributed by atoms with Crippen LogP contribution in [0.5, 0.6) is 0 Å². The number of piperazine rings is 1.